The molecule has 0 amide bonds. The van der Waals surface area contributed by atoms with Gasteiger partial charge in [-0.1, -0.05) is 11.6 Å². The molecule has 138 valence electrons. The third-order valence-electron chi connectivity index (χ3n) is 5.17. The molecule has 0 saturated carbocycles. The lowest BCUT2D eigenvalue weighted by molar-refractivity contribution is 0.740. The quantitative estimate of drug-likeness (QED) is 0.533. The van der Waals surface area contributed by atoms with Crippen LogP contribution in [0.4, 0.5) is 0 Å². The van der Waals surface area contributed by atoms with E-state index in [1.807, 2.05) is 64.8 Å². The van der Waals surface area contributed by atoms with Crippen molar-refractivity contribution in [2.75, 3.05) is 0 Å². The van der Waals surface area contributed by atoms with Crippen molar-refractivity contribution in [2.45, 2.75) is 20.8 Å². The van der Waals surface area contributed by atoms with Crippen molar-refractivity contribution in [3.05, 3.63) is 58.6 Å². The van der Waals surface area contributed by atoms with Crippen LogP contribution in [-0.4, -0.2) is 29.3 Å². The van der Waals surface area contributed by atoms with E-state index in [0.717, 1.165) is 45.2 Å². The van der Waals surface area contributed by atoms with Gasteiger partial charge in [0, 0.05) is 47.2 Å². The molecular weight excluding hydrogens is 360 g/mol. The zero-order chi connectivity index (χ0) is 19.3. The second-order valence-corrected chi connectivity index (χ2v) is 7.18. The van der Waals surface area contributed by atoms with Crippen molar-refractivity contribution in [2.24, 2.45) is 14.1 Å². The number of hydrogen-bond acceptors (Lipinski definition) is 3. The summed E-state index contributed by atoms with van der Waals surface area (Å²) in [5.41, 5.74) is 8.26. The molecule has 0 N–H and O–H groups in total. The Morgan fingerprint density at radius 1 is 0.815 bits per heavy atom. The van der Waals surface area contributed by atoms with Gasteiger partial charge in [-0.25, -0.2) is 4.68 Å². The Labute approximate surface area is 163 Å². The van der Waals surface area contributed by atoms with Crippen molar-refractivity contribution >= 4 is 11.6 Å². The number of benzene rings is 1. The lowest BCUT2D eigenvalue weighted by Crippen LogP contribution is -2.00. The Balaban J connectivity index is 2.02. The van der Waals surface area contributed by atoms with Crippen molar-refractivity contribution in [3.8, 4) is 28.2 Å². The van der Waals surface area contributed by atoms with Crippen LogP contribution in [0.1, 0.15) is 17.0 Å². The maximum absolute atomic E-state index is 6.09. The average molecular weight is 381 g/mol. The van der Waals surface area contributed by atoms with Crippen LogP contribution in [0.2, 0.25) is 5.02 Å². The summed E-state index contributed by atoms with van der Waals surface area (Å²) >= 11 is 6.09. The first-order valence-electron chi connectivity index (χ1n) is 8.72. The standard InChI is InChI=1S/C20H21ClN6/c1-12-19(17-10-22-25(4)13(17)2)24-27(16-8-6-15(21)7-9-16)20(12)18-11-23-26(5)14(18)3/h6-11H,1-5H3. The van der Waals surface area contributed by atoms with E-state index in [1.165, 1.54) is 0 Å². The molecule has 0 bridgehead atoms. The first-order chi connectivity index (χ1) is 12.9. The van der Waals surface area contributed by atoms with E-state index < -0.39 is 0 Å². The second-order valence-electron chi connectivity index (χ2n) is 6.74. The second kappa shape index (κ2) is 6.39. The van der Waals surface area contributed by atoms with Gasteiger partial charge in [-0.3, -0.25) is 9.36 Å². The van der Waals surface area contributed by atoms with E-state index in [1.54, 1.807) is 0 Å². The molecule has 0 fully saturated rings. The summed E-state index contributed by atoms with van der Waals surface area (Å²) in [7, 11) is 3.89. The Hall–Kier alpha value is -2.86. The van der Waals surface area contributed by atoms with Gasteiger partial charge in [0.2, 0.25) is 0 Å². The number of aromatic nitrogens is 6. The molecule has 7 heteroatoms. The molecule has 0 saturated heterocycles. The van der Waals surface area contributed by atoms with Crippen LogP contribution in [0, 0.1) is 20.8 Å². The van der Waals surface area contributed by atoms with Crippen LogP contribution < -0.4 is 0 Å². The fraction of sp³-hybridized carbons (Fsp3) is 0.250. The van der Waals surface area contributed by atoms with Crippen molar-refractivity contribution in [1.82, 2.24) is 29.3 Å². The summed E-state index contributed by atoms with van der Waals surface area (Å²) in [6.07, 6.45) is 3.77. The lowest BCUT2D eigenvalue weighted by Gasteiger charge is -2.08. The Morgan fingerprint density at radius 2 is 1.37 bits per heavy atom. The summed E-state index contributed by atoms with van der Waals surface area (Å²) in [4.78, 5) is 0. The van der Waals surface area contributed by atoms with Gasteiger partial charge in [-0.05, 0) is 45.0 Å². The summed E-state index contributed by atoms with van der Waals surface area (Å²) < 4.78 is 5.71. The summed E-state index contributed by atoms with van der Waals surface area (Å²) in [5.74, 6) is 0. The van der Waals surface area contributed by atoms with E-state index in [-0.39, 0.29) is 0 Å². The molecule has 6 nitrogen and oxygen atoms in total. The predicted octanol–water partition coefficient (Wildman–Crippen LogP) is 4.25. The molecule has 3 aromatic heterocycles. The number of halogens is 1. The smallest absolute Gasteiger partial charge is 0.0997 e. The Morgan fingerprint density at radius 3 is 1.89 bits per heavy atom. The summed E-state index contributed by atoms with van der Waals surface area (Å²) in [5, 5.41) is 14.5. The van der Waals surface area contributed by atoms with Crippen LogP contribution in [0.25, 0.3) is 28.2 Å². The number of hydrogen-bond donors (Lipinski definition) is 0. The fourth-order valence-electron chi connectivity index (χ4n) is 3.30. The summed E-state index contributed by atoms with van der Waals surface area (Å²) in [6, 6.07) is 7.71. The molecule has 4 rings (SSSR count). The Kier molecular flexibility index (Phi) is 4.15. The maximum atomic E-state index is 6.09. The van der Waals surface area contributed by atoms with Gasteiger partial charge in [-0.15, -0.1) is 0 Å². The third-order valence-corrected chi connectivity index (χ3v) is 5.43. The van der Waals surface area contributed by atoms with Crippen LogP contribution in [0.3, 0.4) is 0 Å². The molecular formula is C20H21ClN6. The molecule has 0 aliphatic heterocycles. The zero-order valence-electron chi connectivity index (χ0n) is 16.0. The first kappa shape index (κ1) is 17.5. The molecule has 0 atom stereocenters. The average Bonchev–Trinajstić information content (AvgIpc) is 3.27. The molecule has 3 heterocycles. The van der Waals surface area contributed by atoms with E-state index in [0.29, 0.717) is 5.02 Å². The minimum Gasteiger partial charge on any atom is -0.272 e. The highest BCUT2D eigenvalue weighted by atomic mass is 35.5. The lowest BCUT2D eigenvalue weighted by atomic mass is 10.0. The van der Waals surface area contributed by atoms with Gasteiger partial charge in [0.15, 0.2) is 0 Å². The number of aryl methyl sites for hydroxylation is 2. The SMILES string of the molecule is Cc1c(-c2cnn(C)c2C)nn(-c2ccc(Cl)cc2)c1-c1cnn(C)c1C. The maximum Gasteiger partial charge on any atom is 0.0997 e. The molecule has 0 aliphatic rings. The van der Waals surface area contributed by atoms with Crippen molar-refractivity contribution in [3.63, 3.8) is 0 Å². The predicted molar refractivity (Wildman–Crippen MR) is 107 cm³/mol. The molecule has 1 aromatic carbocycles. The first-order valence-corrected chi connectivity index (χ1v) is 9.09. The van der Waals surface area contributed by atoms with E-state index in [9.17, 15) is 0 Å². The highest BCUT2D eigenvalue weighted by molar-refractivity contribution is 6.30. The van der Waals surface area contributed by atoms with E-state index in [2.05, 4.69) is 31.0 Å². The van der Waals surface area contributed by atoms with Gasteiger partial charge < -0.3 is 0 Å². The molecule has 0 spiro atoms. The molecule has 0 unspecified atom stereocenters. The highest BCUT2D eigenvalue weighted by Crippen LogP contribution is 2.36. The molecule has 4 aromatic rings. The topological polar surface area (TPSA) is 53.5 Å². The summed E-state index contributed by atoms with van der Waals surface area (Å²) in [6.45, 7) is 6.22. The zero-order valence-corrected chi connectivity index (χ0v) is 16.8. The largest absolute Gasteiger partial charge is 0.272 e. The van der Waals surface area contributed by atoms with Gasteiger partial charge in [-0.2, -0.15) is 15.3 Å². The molecule has 0 radical (unpaired) electrons. The van der Waals surface area contributed by atoms with Gasteiger partial charge >= 0.3 is 0 Å². The molecule has 0 aliphatic carbocycles. The minimum absolute atomic E-state index is 0.699. The monoisotopic (exact) mass is 380 g/mol. The van der Waals surface area contributed by atoms with Crippen LogP contribution in [0.5, 0.6) is 0 Å². The Bertz CT molecular complexity index is 1130. The normalized spacial score (nSPS) is 11.3. The van der Waals surface area contributed by atoms with Gasteiger partial charge in [0.1, 0.15) is 0 Å². The van der Waals surface area contributed by atoms with Crippen LogP contribution >= 0.6 is 11.6 Å². The van der Waals surface area contributed by atoms with Gasteiger partial charge in [0.25, 0.3) is 0 Å². The number of rotatable bonds is 3. The van der Waals surface area contributed by atoms with Crippen LogP contribution in [-0.2, 0) is 14.1 Å². The van der Waals surface area contributed by atoms with E-state index >= 15 is 0 Å². The third kappa shape index (κ3) is 2.77. The molecule has 27 heavy (non-hydrogen) atoms. The van der Waals surface area contributed by atoms with E-state index in [4.69, 9.17) is 16.7 Å². The fourth-order valence-corrected chi connectivity index (χ4v) is 3.43. The van der Waals surface area contributed by atoms with Crippen LogP contribution in [0.15, 0.2) is 36.7 Å². The number of nitrogens with zero attached hydrogens (tertiary/aromatic N) is 6. The van der Waals surface area contributed by atoms with Crippen molar-refractivity contribution in [1.29, 1.82) is 0 Å². The highest BCUT2D eigenvalue weighted by Gasteiger charge is 2.23. The van der Waals surface area contributed by atoms with Crippen molar-refractivity contribution < 1.29 is 0 Å². The van der Waals surface area contributed by atoms with Gasteiger partial charge in [0.05, 0.1) is 29.5 Å². The minimum atomic E-state index is 0.699.